The molecule has 1 amide bonds. The number of carbonyl (C=O) groups is 1. The number of piperazine rings is 1. The van der Waals surface area contributed by atoms with Crippen molar-refractivity contribution in [2.24, 2.45) is 0 Å². The van der Waals surface area contributed by atoms with Crippen LogP contribution in [0.5, 0.6) is 0 Å². The average Bonchev–Trinajstić information content (AvgIpc) is 3.38. The van der Waals surface area contributed by atoms with E-state index in [-0.39, 0.29) is 11.9 Å². The molecule has 0 aromatic heterocycles. The maximum atomic E-state index is 13.0. The summed E-state index contributed by atoms with van der Waals surface area (Å²) < 4.78 is 27.7. The van der Waals surface area contributed by atoms with Gasteiger partial charge in [-0.05, 0) is 62.3 Å². The molecule has 1 aromatic rings. The largest absolute Gasteiger partial charge is 0.338 e. The van der Waals surface area contributed by atoms with Crippen molar-refractivity contribution in [1.82, 2.24) is 9.21 Å². The summed E-state index contributed by atoms with van der Waals surface area (Å²) in [6.07, 6.45) is 5.35. The number of fused-ring (bicyclic) bond motifs is 1. The number of nitrogens with one attached hydrogen (secondary N) is 1. The van der Waals surface area contributed by atoms with Crippen molar-refractivity contribution in [3.63, 3.8) is 0 Å². The zero-order valence-electron chi connectivity index (χ0n) is 16.1. The number of nitrogens with zero attached hydrogens (tertiary/aromatic N) is 2. The number of amides is 1. The van der Waals surface area contributed by atoms with E-state index in [2.05, 4.69) is 0 Å². The SMILES string of the molecule is C[C@H](C(=O)N1CCCC1)[NH+]1CCN(S(=O)(=O)c2ccc3c(c2)CCC3)CC1. The minimum Gasteiger partial charge on any atom is -0.338 e. The van der Waals surface area contributed by atoms with E-state index in [0.29, 0.717) is 31.1 Å². The third kappa shape index (κ3) is 3.65. The second-order valence-corrected chi connectivity index (χ2v) is 10.0. The number of carbonyl (C=O) groups excluding carboxylic acids is 1. The van der Waals surface area contributed by atoms with E-state index in [4.69, 9.17) is 0 Å². The van der Waals surface area contributed by atoms with Crippen LogP contribution in [0, 0.1) is 0 Å². The first-order valence-electron chi connectivity index (χ1n) is 10.2. The number of hydrogen-bond donors (Lipinski definition) is 1. The van der Waals surface area contributed by atoms with E-state index in [1.165, 1.54) is 16.0 Å². The molecule has 1 atom stereocenters. The molecule has 0 radical (unpaired) electrons. The standard InChI is InChI=1S/C20H29N3O3S/c1-16(20(24)22-9-2-3-10-22)21-11-13-23(14-12-21)27(25,26)19-8-7-17-5-4-6-18(17)15-19/h7-8,15-16H,2-6,9-14H2,1H3/p+1/t16-/m1/s1. The molecule has 0 spiro atoms. The lowest BCUT2D eigenvalue weighted by Gasteiger charge is -2.35. The molecule has 2 saturated heterocycles. The Morgan fingerprint density at radius 3 is 2.37 bits per heavy atom. The molecule has 148 valence electrons. The lowest BCUT2D eigenvalue weighted by atomic mass is 10.1. The van der Waals surface area contributed by atoms with Crippen molar-refractivity contribution < 1.29 is 18.1 Å². The van der Waals surface area contributed by atoms with Gasteiger partial charge in [0.2, 0.25) is 10.0 Å². The van der Waals surface area contributed by atoms with Crippen molar-refractivity contribution in [3.8, 4) is 0 Å². The predicted molar refractivity (Wildman–Crippen MR) is 103 cm³/mol. The quantitative estimate of drug-likeness (QED) is 0.789. The number of hydrogen-bond acceptors (Lipinski definition) is 3. The Hall–Kier alpha value is -1.44. The summed E-state index contributed by atoms with van der Waals surface area (Å²) in [4.78, 5) is 16.2. The highest BCUT2D eigenvalue weighted by molar-refractivity contribution is 7.89. The number of aryl methyl sites for hydroxylation is 2. The Morgan fingerprint density at radius 1 is 1.00 bits per heavy atom. The summed E-state index contributed by atoms with van der Waals surface area (Å²) >= 11 is 0. The van der Waals surface area contributed by atoms with Gasteiger partial charge in [-0.2, -0.15) is 4.31 Å². The Bertz CT molecular complexity index is 810. The first-order valence-corrected chi connectivity index (χ1v) is 11.7. The summed E-state index contributed by atoms with van der Waals surface area (Å²) in [6.45, 7) is 6.06. The van der Waals surface area contributed by atoms with Gasteiger partial charge in [0.15, 0.2) is 6.04 Å². The van der Waals surface area contributed by atoms with Crippen molar-refractivity contribution >= 4 is 15.9 Å². The van der Waals surface area contributed by atoms with E-state index in [1.54, 1.807) is 10.4 Å². The highest BCUT2D eigenvalue weighted by Crippen LogP contribution is 2.26. The highest BCUT2D eigenvalue weighted by atomic mass is 32.2. The summed E-state index contributed by atoms with van der Waals surface area (Å²) in [5.74, 6) is 0.220. The molecule has 0 bridgehead atoms. The number of rotatable bonds is 4. The summed E-state index contributed by atoms with van der Waals surface area (Å²) in [6, 6.07) is 5.52. The summed E-state index contributed by atoms with van der Waals surface area (Å²) in [7, 11) is -3.44. The van der Waals surface area contributed by atoms with Gasteiger partial charge in [0, 0.05) is 13.1 Å². The molecule has 2 fully saturated rings. The topological polar surface area (TPSA) is 62.1 Å². The number of likely N-dealkylation sites (tertiary alicyclic amines) is 1. The maximum absolute atomic E-state index is 13.0. The Morgan fingerprint density at radius 2 is 1.67 bits per heavy atom. The molecule has 2 aliphatic heterocycles. The van der Waals surface area contributed by atoms with Gasteiger partial charge >= 0.3 is 0 Å². The number of quaternary nitrogens is 1. The van der Waals surface area contributed by atoms with Gasteiger partial charge in [0.05, 0.1) is 31.1 Å². The average molecular weight is 393 g/mol. The van der Waals surface area contributed by atoms with Crippen LogP contribution in [0.25, 0.3) is 0 Å². The Balaban J connectivity index is 1.40. The van der Waals surface area contributed by atoms with Crippen LogP contribution in [0.15, 0.2) is 23.1 Å². The van der Waals surface area contributed by atoms with Crippen LogP contribution in [0.3, 0.4) is 0 Å². The molecule has 27 heavy (non-hydrogen) atoms. The van der Waals surface area contributed by atoms with Gasteiger partial charge in [0.1, 0.15) is 0 Å². The fraction of sp³-hybridized carbons (Fsp3) is 0.650. The smallest absolute Gasteiger partial charge is 0.280 e. The number of sulfonamides is 1. The van der Waals surface area contributed by atoms with Crippen LogP contribution in [0.2, 0.25) is 0 Å². The van der Waals surface area contributed by atoms with Gasteiger partial charge in [-0.15, -0.1) is 0 Å². The molecule has 1 aromatic carbocycles. The van der Waals surface area contributed by atoms with Gasteiger partial charge < -0.3 is 9.80 Å². The third-order valence-electron chi connectivity index (χ3n) is 6.47. The monoisotopic (exact) mass is 392 g/mol. The molecule has 0 unspecified atom stereocenters. The minimum absolute atomic E-state index is 0.0899. The van der Waals surface area contributed by atoms with Crippen LogP contribution >= 0.6 is 0 Å². The predicted octanol–water partition coefficient (Wildman–Crippen LogP) is 0.0754. The molecule has 0 saturated carbocycles. The lowest BCUT2D eigenvalue weighted by molar-refractivity contribution is -0.918. The molecular formula is C20H30N3O3S+. The Labute approximate surface area is 162 Å². The van der Waals surface area contributed by atoms with E-state index < -0.39 is 10.0 Å². The summed E-state index contributed by atoms with van der Waals surface area (Å²) in [5, 5.41) is 0. The van der Waals surface area contributed by atoms with Gasteiger partial charge in [-0.3, -0.25) is 4.79 Å². The molecule has 4 rings (SSSR count). The molecule has 7 heteroatoms. The normalized spacial score (nSPS) is 22.8. The van der Waals surface area contributed by atoms with Gasteiger partial charge in [-0.25, -0.2) is 8.42 Å². The van der Waals surface area contributed by atoms with Crippen molar-refractivity contribution in [2.45, 2.75) is 50.0 Å². The molecule has 2 heterocycles. The second kappa shape index (κ2) is 7.53. The summed E-state index contributed by atoms with van der Waals surface area (Å²) in [5.41, 5.74) is 2.47. The van der Waals surface area contributed by atoms with Crippen LogP contribution in [-0.4, -0.2) is 68.8 Å². The third-order valence-corrected chi connectivity index (χ3v) is 8.37. The van der Waals surface area contributed by atoms with E-state index in [1.807, 2.05) is 24.0 Å². The lowest BCUT2D eigenvalue weighted by Crippen LogP contribution is -3.19. The van der Waals surface area contributed by atoms with Crippen molar-refractivity contribution in [1.29, 1.82) is 0 Å². The first kappa shape index (κ1) is 18.9. The van der Waals surface area contributed by atoms with Crippen LogP contribution in [0.4, 0.5) is 0 Å². The zero-order valence-corrected chi connectivity index (χ0v) is 16.9. The second-order valence-electron chi connectivity index (χ2n) is 8.10. The van der Waals surface area contributed by atoms with Crippen LogP contribution in [0.1, 0.15) is 37.3 Å². The Kier molecular flexibility index (Phi) is 5.27. The highest BCUT2D eigenvalue weighted by Gasteiger charge is 2.36. The van der Waals surface area contributed by atoms with E-state index in [0.717, 1.165) is 45.2 Å². The molecule has 1 aliphatic carbocycles. The van der Waals surface area contributed by atoms with Crippen molar-refractivity contribution in [3.05, 3.63) is 29.3 Å². The molecular weight excluding hydrogens is 362 g/mol. The van der Waals surface area contributed by atoms with Gasteiger partial charge in [0.25, 0.3) is 5.91 Å². The molecule has 3 aliphatic rings. The number of benzene rings is 1. The fourth-order valence-electron chi connectivity index (χ4n) is 4.69. The maximum Gasteiger partial charge on any atom is 0.280 e. The van der Waals surface area contributed by atoms with Gasteiger partial charge in [-0.1, -0.05) is 6.07 Å². The molecule has 6 nitrogen and oxygen atoms in total. The fourth-order valence-corrected chi connectivity index (χ4v) is 6.18. The van der Waals surface area contributed by atoms with E-state index >= 15 is 0 Å². The first-order chi connectivity index (χ1) is 13.0. The molecule has 1 N–H and O–H groups in total. The zero-order chi connectivity index (χ0) is 19.0. The van der Waals surface area contributed by atoms with Crippen molar-refractivity contribution in [2.75, 3.05) is 39.3 Å². The minimum atomic E-state index is -3.44. The van der Waals surface area contributed by atoms with Crippen LogP contribution in [-0.2, 0) is 27.7 Å². The van der Waals surface area contributed by atoms with E-state index in [9.17, 15) is 13.2 Å². The van der Waals surface area contributed by atoms with Crippen LogP contribution < -0.4 is 4.90 Å².